The molecule has 0 unspecified atom stereocenters. The van der Waals surface area contributed by atoms with Crippen molar-refractivity contribution in [3.63, 3.8) is 0 Å². The molecule has 1 amide bonds. The van der Waals surface area contributed by atoms with Crippen molar-refractivity contribution >= 4 is 28.8 Å². The number of amides is 1. The first-order valence-corrected chi connectivity index (χ1v) is 8.96. The minimum atomic E-state index is -0.370. The number of carbonyl (C=O) groups excluding carboxylic acids is 1. The minimum absolute atomic E-state index is 0.243. The first-order chi connectivity index (χ1) is 13.2. The number of carbonyl (C=O) groups is 1. The SMILES string of the molecule is Cc1cc(N2CCOCC2)ccc1/C=N/NC(=O)c1cc2ccccc2o1. The molecule has 3 aromatic rings. The lowest BCUT2D eigenvalue weighted by Gasteiger charge is -2.29. The lowest BCUT2D eigenvalue weighted by Crippen LogP contribution is -2.36. The summed E-state index contributed by atoms with van der Waals surface area (Å²) in [4.78, 5) is 14.5. The van der Waals surface area contributed by atoms with Crippen LogP contribution in [-0.4, -0.2) is 38.4 Å². The molecule has 0 bridgehead atoms. The molecule has 1 fully saturated rings. The van der Waals surface area contributed by atoms with Crippen molar-refractivity contribution in [2.45, 2.75) is 6.92 Å². The Morgan fingerprint density at radius 1 is 1.15 bits per heavy atom. The van der Waals surface area contributed by atoms with Gasteiger partial charge in [-0.1, -0.05) is 24.3 Å². The van der Waals surface area contributed by atoms with Crippen LogP contribution in [0, 0.1) is 6.92 Å². The molecule has 0 spiro atoms. The number of furan rings is 1. The molecule has 1 aliphatic heterocycles. The van der Waals surface area contributed by atoms with E-state index >= 15 is 0 Å². The highest BCUT2D eigenvalue weighted by Crippen LogP contribution is 2.20. The maximum atomic E-state index is 12.2. The van der Waals surface area contributed by atoms with Gasteiger partial charge >= 0.3 is 5.91 Å². The van der Waals surface area contributed by atoms with Gasteiger partial charge in [-0.05, 0) is 42.3 Å². The standard InChI is InChI=1S/C21H21N3O3/c1-15-12-18(24-8-10-26-11-9-24)7-6-17(15)14-22-23-21(25)20-13-16-4-2-3-5-19(16)27-20/h2-7,12-14H,8-11H2,1H3,(H,23,25)/b22-14+. The molecule has 6 heteroatoms. The van der Waals surface area contributed by atoms with E-state index in [1.54, 1.807) is 12.3 Å². The van der Waals surface area contributed by atoms with Crippen molar-refractivity contribution in [1.29, 1.82) is 0 Å². The van der Waals surface area contributed by atoms with Crippen molar-refractivity contribution in [2.24, 2.45) is 5.10 Å². The zero-order valence-corrected chi connectivity index (χ0v) is 15.1. The van der Waals surface area contributed by atoms with E-state index in [2.05, 4.69) is 27.6 Å². The number of aryl methyl sites for hydroxylation is 1. The van der Waals surface area contributed by atoms with Crippen LogP contribution < -0.4 is 10.3 Å². The predicted molar refractivity (Wildman–Crippen MR) is 105 cm³/mol. The summed E-state index contributed by atoms with van der Waals surface area (Å²) in [6.45, 7) is 5.36. The summed E-state index contributed by atoms with van der Waals surface area (Å²) in [5.74, 6) is -0.127. The Morgan fingerprint density at radius 2 is 1.96 bits per heavy atom. The Morgan fingerprint density at radius 3 is 2.74 bits per heavy atom. The lowest BCUT2D eigenvalue weighted by atomic mass is 10.1. The van der Waals surface area contributed by atoms with E-state index in [1.165, 1.54) is 5.69 Å². The second kappa shape index (κ2) is 7.63. The molecule has 1 N–H and O–H groups in total. The minimum Gasteiger partial charge on any atom is -0.451 e. The van der Waals surface area contributed by atoms with Crippen molar-refractivity contribution in [3.05, 3.63) is 65.4 Å². The van der Waals surface area contributed by atoms with Gasteiger partial charge in [0.25, 0.3) is 0 Å². The van der Waals surface area contributed by atoms with E-state index in [9.17, 15) is 4.79 Å². The van der Waals surface area contributed by atoms with E-state index in [1.807, 2.05) is 37.3 Å². The molecule has 0 radical (unpaired) electrons. The molecular formula is C21H21N3O3. The van der Waals surface area contributed by atoms with E-state index in [4.69, 9.17) is 9.15 Å². The van der Waals surface area contributed by atoms with Crippen LogP contribution in [0.15, 0.2) is 58.0 Å². The fourth-order valence-corrected chi connectivity index (χ4v) is 3.13. The number of ether oxygens (including phenoxy) is 1. The monoisotopic (exact) mass is 363 g/mol. The molecular weight excluding hydrogens is 342 g/mol. The van der Waals surface area contributed by atoms with Crippen molar-refractivity contribution < 1.29 is 13.9 Å². The third kappa shape index (κ3) is 3.85. The number of anilines is 1. The topological polar surface area (TPSA) is 67.1 Å². The first kappa shape index (κ1) is 17.3. The highest BCUT2D eigenvalue weighted by molar-refractivity contribution is 5.96. The van der Waals surface area contributed by atoms with E-state index < -0.39 is 0 Å². The van der Waals surface area contributed by atoms with Gasteiger partial charge in [0.05, 0.1) is 19.4 Å². The molecule has 0 saturated carbocycles. The van der Waals surface area contributed by atoms with Crippen molar-refractivity contribution in [1.82, 2.24) is 5.43 Å². The van der Waals surface area contributed by atoms with Crippen LogP contribution in [0.25, 0.3) is 11.0 Å². The Balaban J connectivity index is 1.42. The lowest BCUT2D eigenvalue weighted by molar-refractivity contribution is 0.0929. The maximum Gasteiger partial charge on any atom is 0.307 e. The number of rotatable bonds is 4. The quantitative estimate of drug-likeness (QED) is 0.570. The number of para-hydroxylation sites is 1. The third-order valence-corrected chi connectivity index (χ3v) is 4.65. The summed E-state index contributed by atoms with van der Waals surface area (Å²) in [6, 6.07) is 15.4. The Labute approximate surface area is 157 Å². The maximum absolute atomic E-state index is 12.2. The number of nitrogens with zero attached hydrogens (tertiary/aromatic N) is 2. The Kier molecular flexibility index (Phi) is 4.89. The summed E-state index contributed by atoms with van der Waals surface area (Å²) < 4.78 is 10.9. The Bertz CT molecular complexity index is 954. The second-order valence-electron chi connectivity index (χ2n) is 6.49. The molecule has 1 saturated heterocycles. The molecule has 6 nitrogen and oxygen atoms in total. The smallest absolute Gasteiger partial charge is 0.307 e. The molecule has 2 heterocycles. The van der Waals surface area contributed by atoms with Gasteiger partial charge in [-0.2, -0.15) is 5.10 Å². The van der Waals surface area contributed by atoms with Crippen molar-refractivity contribution in [2.75, 3.05) is 31.2 Å². The van der Waals surface area contributed by atoms with Gasteiger partial charge in [0.1, 0.15) is 5.58 Å². The van der Waals surface area contributed by atoms with E-state index in [-0.39, 0.29) is 11.7 Å². The zero-order chi connectivity index (χ0) is 18.6. The number of nitrogens with one attached hydrogen (secondary N) is 1. The predicted octanol–water partition coefficient (Wildman–Crippen LogP) is 3.34. The van der Waals surface area contributed by atoms with Crippen LogP contribution in [0.3, 0.4) is 0 Å². The van der Waals surface area contributed by atoms with Crippen LogP contribution in [0.5, 0.6) is 0 Å². The van der Waals surface area contributed by atoms with E-state index in [0.29, 0.717) is 5.58 Å². The van der Waals surface area contributed by atoms with Gasteiger partial charge in [0.2, 0.25) is 0 Å². The van der Waals surface area contributed by atoms with Crippen LogP contribution in [0.4, 0.5) is 5.69 Å². The van der Waals surface area contributed by atoms with Gasteiger partial charge in [-0.3, -0.25) is 4.79 Å². The van der Waals surface area contributed by atoms with Gasteiger partial charge in [0.15, 0.2) is 5.76 Å². The van der Waals surface area contributed by atoms with Crippen LogP contribution in [-0.2, 0) is 4.74 Å². The highest BCUT2D eigenvalue weighted by atomic mass is 16.5. The van der Waals surface area contributed by atoms with E-state index in [0.717, 1.165) is 42.8 Å². The number of fused-ring (bicyclic) bond motifs is 1. The van der Waals surface area contributed by atoms with Crippen LogP contribution in [0.2, 0.25) is 0 Å². The summed E-state index contributed by atoms with van der Waals surface area (Å²) in [5, 5.41) is 4.96. The average molecular weight is 363 g/mol. The molecule has 0 atom stereocenters. The second-order valence-corrected chi connectivity index (χ2v) is 6.49. The Hall–Kier alpha value is -3.12. The zero-order valence-electron chi connectivity index (χ0n) is 15.1. The average Bonchev–Trinajstić information content (AvgIpc) is 3.14. The molecule has 0 aliphatic carbocycles. The molecule has 138 valence electrons. The first-order valence-electron chi connectivity index (χ1n) is 8.96. The number of hydrogen-bond donors (Lipinski definition) is 1. The fraction of sp³-hybridized carbons (Fsp3) is 0.238. The van der Waals surface area contributed by atoms with Crippen LogP contribution in [0.1, 0.15) is 21.7 Å². The van der Waals surface area contributed by atoms with Gasteiger partial charge in [-0.15, -0.1) is 0 Å². The summed E-state index contributed by atoms with van der Waals surface area (Å²) in [6.07, 6.45) is 1.65. The summed E-state index contributed by atoms with van der Waals surface area (Å²) in [7, 11) is 0. The van der Waals surface area contributed by atoms with Gasteiger partial charge in [-0.25, -0.2) is 5.43 Å². The third-order valence-electron chi connectivity index (χ3n) is 4.65. The highest BCUT2D eigenvalue weighted by Gasteiger charge is 2.12. The summed E-state index contributed by atoms with van der Waals surface area (Å²) in [5.41, 5.74) is 6.44. The van der Waals surface area contributed by atoms with Crippen LogP contribution >= 0.6 is 0 Å². The number of benzene rings is 2. The fourth-order valence-electron chi connectivity index (χ4n) is 3.13. The summed E-state index contributed by atoms with van der Waals surface area (Å²) >= 11 is 0. The molecule has 4 rings (SSSR count). The molecule has 27 heavy (non-hydrogen) atoms. The number of hydrogen-bond acceptors (Lipinski definition) is 5. The normalized spacial score (nSPS) is 14.8. The molecule has 1 aliphatic rings. The van der Waals surface area contributed by atoms with Gasteiger partial charge < -0.3 is 14.1 Å². The van der Waals surface area contributed by atoms with Gasteiger partial charge in [0, 0.05) is 24.2 Å². The number of morpholine rings is 1. The molecule has 2 aromatic carbocycles. The number of hydrazone groups is 1. The molecule has 1 aromatic heterocycles. The largest absolute Gasteiger partial charge is 0.451 e. The van der Waals surface area contributed by atoms with Crippen molar-refractivity contribution in [3.8, 4) is 0 Å².